The van der Waals surface area contributed by atoms with Crippen LogP contribution < -0.4 is 0 Å². The van der Waals surface area contributed by atoms with Crippen molar-refractivity contribution in [1.82, 2.24) is 0 Å². The van der Waals surface area contributed by atoms with Gasteiger partial charge >= 0.3 is 5.97 Å². The Labute approximate surface area is 111 Å². The van der Waals surface area contributed by atoms with Crippen LogP contribution in [0.3, 0.4) is 0 Å². The summed E-state index contributed by atoms with van der Waals surface area (Å²) in [5.74, 6) is -1.47. The lowest BCUT2D eigenvalue weighted by molar-refractivity contribution is -0.147. The summed E-state index contributed by atoms with van der Waals surface area (Å²) >= 11 is 0. The number of rotatable bonds is 1. The Balaban J connectivity index is 2.13. The maximum absolute atomic E-state index is 13.6. The number of hydrogen-bond donors (Lipinski definition) is 1. The Morgan fingerprint density at radius 2 is 2.11 bits per heavy atom. The highest BCUT2D eigenvalue weighted by atomic mass is 19.1. The van der Waals surface area contributed by atoms with Crippen LogP contribution >= 0.6 is 0 Å². The van der Waals surface area contributed by atoms with Crippen molar-refractivity contribution in [2.45, 2.75) is 31.1 Å². The summed E-state index contributed by atoms with van der Waals surface area (Å²) in [6.07, 6.45) is 2.68. The lowest BCUT2D eigenvalue weighted by Crippen LogP contribution is -2.47. The van der Waals surface area contributed by atoms with Gasteiger partial charge in [0.15, 0.2) is 0 Å². The Hall–Kier alpha value is -1.42. The molecule has 0 saturated carbocycles. The molecule has 2 aliphatic rings. The highest BCUT2D eigenvalue weighted by Crippen LogP contribution is 2.48. The average Bonchev–Trinajstić information content (AvgIpc) is 2.40. The number of ether oxygens (including phenoxy) is 1. The van der Waals surface area contributed by atoms with Crippen molar-refractivity contribution in [2.24, 2.45) is 5.92 Å². The molecule has 1 aliphatic heterocycles. The standard InChI is InChI=1S/C15H17FO3/c16-11-3-1-10-2-4-12(14(17)18)15(13(10)9-11)5-7-19-8-6-15/h1,3,9,12H,2,4-8H2,(H,17,18). The van der Waals surface area contributed by atoms with Gasteiger partial charge in [0.05, 0.1) is 5.92 Å². The van der Waals surface area contributed by atoms with Gasteiger partial charge in [0.1, 0.15) is 5.82 Å². The van der Waals surface area contributed by atoms with Crippen LogP contribution in [0.15, 0.2) is 18.2 Å². The molecule has 1 aromatic rings. The molecule has 4 heteroatoms. The first-order chi connectivity index (χ1) is 9.13. The fraction of sp³-hybridized carbons (Fsp3) is 0.533. The quantitative estimate of drug-likeness (QED) is 0.847. The van der Waals surface area contributed by atoms with Crippen molar-refractivity contribution in [3.63, 3.8) is 0 Å². The summed E-state index contributed by atoms with van der Waals surface area (Å²) in [4.78, 5) is 11.6. The van der Waals surface area contributed by atoms with E-state index in [4.69, 9.17) is 4.74 Å². The summed E-state index contributed by atoms with van der Waals surface area (Å²) in [7, 11) is 0. The van der Waals surface area contributed by atoms with Crippen LogP contribution in [0.2, 0.25) is 0 Å². The van der Waals surface area contributed by atoms with Crippen molar-refractivity contribution in [3.8, 4) is 0 Å². The van der Waals surface area contributed by atoms with Gasteiger partial charge in [-0.1, -0.05) is 6.07 Å². The van der Waals surface area contributed by atoms with Gasteiger partial charge in [-0.2, -0.15) is 0 Å². The second kappa shape index (κ2) is 4.60. The minimum Gasteiger partial charge on any atom is -0.481 e. The number of aliphatic carboxylic acids is 1. The molecular weight excluding hydrogens is 247 g/mol. The van der Waals surface area contributed by atoms with Crippen molar-refractivity contribution in [3.05, 3.63) is 35.1 Å². The van der Waals surface area contributed by atoms with Crippen molar-refractivity contribution in [2.75, 3.05) is 13.2 Å². The van der Waals surface area contributed by atoms with E-state index in [1.165, 1.54) is 12.1 Å². The van der Waals surface area contributed by atoms with E-state index < -0.39 is 17.3 Å². The molecule has 1 unspecified atom stereocenters. The van der Waals surface area contributed by atoms with Crippen LogP contribution in [0, 0.1) is 11.7 Å². The summed E-state index contributed by atoms with van der Waals surface area (Å²) in [6, 6.07) is 4.81. The Kier molecular flexibility index (Phi) is 3.05. The van der Waals surface area contributed by atoms with Gasteiger partial charge in [-0.3, -0.25) is 4.79 Å². The van der Waals surface area contributed by atoms with Crippen LogP contribution in [0.1, 0.15) is 30.4 Å². The number of halogens is 1. The molecule has 102 valence electrons. The molecule has 1 fully saturated rings. The molecule has 1 aliphatic carbocycles. The van der Waals surface area contributed by atoms with Gasteiger partial charge in [-0.05, 0) is 48.9 Å². The van der Waals surface area contributed by atoms with E-state index in [2.05, 4.69) is 0 Å². The first-order valence-electron chi connectivity index (χ1n) is 6.73. The summed E-state index contributed by atoms with van der Waals surface area (Å²) < 4.78 is 19.0. The number of benzene rings is 1. The normalized spacial score (nSPS) is 25.0. The second-order valence-electron chi connectivity index (χ2n) is 5.50. The fourth-order valence-corrected chi connectivity index (χ4v) is 3.71. The fourth-order valence-electron chi connectivity index (χ4n) is 3.71. The molecule has 1 saturated heterocycles. The van der Waals surface area contributed by atoms with Gasteiger partial charge in [0, 0.05) is 18.6 Å². The molecule has 1 aromatic carbocycles. The highest BCUT2D eigenvalue weighted by Gasteiger charge is 2.48. The maximum Gasteiger partial charge on any atom is 0.307 e. The van der Waals surface area contributed by atoms with Crippen LogP contribution in [0.25, 0.3) is 0 Å². The molecule has 0 amide bonds. The SMILES string of the molecule is O=C(O)C1CCc2ccc(F)cc2C12CCOCC2. The van der Waals surface area contributed by atoms with E-state index in [-0.39, 0.29) is 5.82 Å². The second-order valence-corrected chi connectivity index (χ2v) is 5.50. The van der Waals surface area contributed by atoms with E-state index in [0.29, 0.717) is 32.5 Å². The topological polar surface area (TPSA) is 46.5 Å². The smallest absolute Gasteiger partial charge is 0.307 e. The summed E-state index contributed by atoms with van der Waals surface area (Å²) in [5, 5.41) is 9.52. The maximum atomic E-state index is 13.6. The number of aryl methyl sites for hydroxylation is 1. The van der Waals surface area contributed by atoms with Crippen LogP contribution in [0.4, 0.5) is 4.39 Å². The zero-order valence-corrected chi connectivity index (χ0v) is 10.7. The molecular formula is C15H17FO3. The van der Waals surface area contributed by atoms with Crippen LogP contribution in [0.5, 0.6) is 0 Å². The van der Waals surface area contributed by atoms with Crippen molar-refractivity contribution >= 4 is 5.97 Å². The molecule has 3 nitrogen and oxygen atoms in total. The molecule has 1 atom stereocenters. The minimum absolute atomic E-state index is 0.282. The third kappa shape index (κ3) is 1.94. The zero-order valence-electron chi connectivity index (χ0n) is 10.7. The molecule has 19 heavy (non-hydrogen) atoms. The molecule has 0 radical (unpaired) electrons. The number of carboxylic acids is 1. The molecule has 0 bridgehead atoms. The molecule has 3 rings (SSSR count). The van der Waals surface area contributed by atoms with E-state index in [1.807, 2.05) is 0 Å². The number of carboxylic acid groups (broad SMARTS) is 1. The Morgan fingerprint density at radius 1 is 1.37 bits per heavy atom. The van der Waals surface area contributed by atoms with E-state index in [0.717, 1.165) is 17.5 Å². The summed E-state index contributed by atoms with van der Waals surface area (Å²) in [5.41, 5.74) is 1.55. The third-order valence-corrected chi connectivity index (χ3v) is 4.66. The largest absolute Gasteiger partial charge is 0.481 e. The van der Waals surface area contributed by atoms with E-state index in [9.17, 15) is 14.3 Å². The van der Waals surface area contributed by atoms with Gasteiger partial charge < -0.3 is 9.84 Å². The molecule has 0 aromatic heterocycles. The highest BCUT2D eigenvalue weighted by molar-refractivity contribution is 5.73. The van der Waals surface area contributed by atoms with Crippen molar-refractivity contribution in [1.29, 1.82) is 0 Å². The molecule has 1 N–H and O–H groups in total. The predicted octanol–water partition coefficient (Wildman–Crippen LogP) is 2.52. The number of fused-ring (bicyclic) bond motifs is 2. The Bertz CT molecular complexity index is 506. The zero-order chi connectivity index (χ0) is 13.5. The van der Waals surface area contributed by atoms with Gasteiger partial charge in [0.2, 0.25) is 0 Å². The van der Waals surface area contributed by atoms with Crippen LogP contribution in [-0.2, 0) is 21.4 Å². The third-order valence-electron chi connectivity index (χ3n) is 4.66. The molecule has 1 heterocycles. The number of hydrogen-bond acceptors (Lipinski definition) is 2. The van der Waals surface area contributed by atoms with E-state index >= 15 is 0 Å². The minimum atomic E-state index is -0.767. The average molecular weight is 264 g/mol. The van der Waals surface area contributed by atoms with Crippen molar-refractivity contribution < 1.29 is 19.0 Å². The molecule has 1 spiro atoms. The monoisotopic (exact) mass is 264 g/mol. The van der Waals surface area contributed by atoms with Gasteiger partial charge in [0.25, 0.3) is 0 Å². The predicted molar refractivity (Wildman–Crippen MR) is 67.6 cm³/mol. The lowest BCUT2D eigenvalue weighted by Gasteiger charge is -2.46. The first-order valence-corrected chi connectivity index (χ1v) is 6.73. The first kappa shape index (κ1) is 12.6. The van der Waals surface area contributed by atoms with Gasteiger partial charge in [-0.15, -0.1) is 0 Å². The van der Waals surface area contributed by atoms with E-state index in [1.54, 1.807) is 6.07 Å². The number of carbonyl (C=O) groups is 1. The Morgan fingerprint density at radius 3 is 2.79 bits per heavy atom. The van der Waals surface area contributed by atoms with Crippen LogP contribution in [-0.4, -0.2) is 24.3 Å². The van der Waals surface area contributed by atoms with Gasteiger partial charge in [-0.25, -0.2) is 4.39 Å². The summed E-state index contributed by atoms with van der Waals surface area (Å²) in [6.45, 7) is 1.11. The lowest BCUT2D eigenvalue weighted by atomic mass is 9.59.